The lowest BCUT2D eigenvalue weighted by molar-refractivity contribution is 0.0697. The van der Waals surface area contributed by atoms with Crippen LogP contribution in [0.15, 0.2) is 67.8 Å². The number of carboxylic acid groups (broad SMARTS) is 1. The van der Waals surface area contributed by atoms with E-state index in [4.69, 9.17) is 24.3 Å². The predicted octanol–water partition coefficient (Wildman–Crippen LogP) is 4.97. The van der Waals surface area contributed by atoms with E-state index >= 15 is 0 Å². The number of nitrogen functional groups attached to an aromatic ring is 1. The number of aryl methyl sites for hydroxylation is 2. The molecule has 0 aliphatic heterocycles. The highest BCUT2D eigenvalue weighted by Gasteiger charge is 2.18. The number of benzene rings is 3. The summed E-state index contributed by atoms with van der Waals surface area (Å²) in [7, 11) is -13.1. The first-order valence-corrected chi connectivity index (χ1v) is 18.3. The van der Waals surface area contributed by atoms with Gasteiger partial charge >= 0.3 is 5.97 Å². The summed E-state index contributed by atoms with van der Waals surface area (Å²) in [5.41, 5.74) is 7.11. The zero-order valence-corrected chi connectivity index (χ0v) is 27.8. The van der Waals surface area contributed by atoms with Gasteiger partial charge in [-0.1, -0.05) is 0 Å². The first-order valence-electron chi connectivity index (χ1n) is 13.6. The second-order valence-corrected chi connectivity index (χ2v) is 14.7. The molecule has 3 aromatic rings. The van der Waals surface area contributed by atoms with Gasteiger partial charge in [-0.3, -0.25) is 13.7 Å². The molecule has 0 amide bonds. The van der Waals surface area contributed by atoms with Gasteiger partial charge in [-0.25, -0.2) is 4.79 Å². The second kappa shape index (κ2) is 15.6. The summed E-state index contributed by atoms with van der Waals surface area (Å²) >= 11 is 0. The maximum absolute atomic E-state index is 11.7. The number of ether oxygens (including phenoxy) is 2. The fraction of sp³-hybridized carbons (Fsp3) is 0.296. The Morgan fingerprint density at radius 2 is 1.17 bits per heavy atom. The zero-order valence-electron chi connectivity index (χ0n) is 25.3. The minimum absolute atomic E-state index is 0.00224. The Labute approximate surface area is 275 Å². The van der Waals surface area contributed by atoms with Crippen molar-refractivity contribution in [2.24, 2.45) is 20.5 Å². The molecule has 3 aromatic carbocycles. The molecule has 0 spiro atoms. The number of rotatable bonds is 16. The van der Waals surface area contributed by atoms with Crippen LogP contribution in [0.2, 0.25) is 0 Å². The van der Waals surface area contributed by atoms with Crippen molar-refractivity contribution in [3.63, 3.8) is 0 Å². The Morgan fingerprint density at radius 3 is 1.69 bits per heavy atom. The maximum Gasteiger partial charge on any atom is 0.338 e. The van der Waals surface area contributed by atoms with Crippen LogP contribution in [0, 0.1) is 13.8 Å². The third-order valence-electron chi connectivity index (χ3n) is 6.24. The maximum atomic E-state index is 11.7. The van der Waals surface area contributed by atoms with Crippen molar-refractivity contribution in [1.82, 2.24) is 0 Å². The minimum atomic E-state index is -4.69. The van der Waals surface area contributed by atoms with Crippen molar-refractivity contribution in [3.8, 4) is 11.5 Å². The molecular weight excluding hydrogens is 699 g/mol. The average Bonchev–Trinajstić information content (AvgIpc) is 2.96. The first-order chi connectivity index (χ1) is 22.2. The molecule has 0 aromatic heterocycles. The number of nitrogens with two attached hydrogens (primary N) is 1. The standard InChI is InChI=1S/C27H31N5O13S3/c1-16-11-20(28)25(44-7-3-9-46(35,36)37)14-22(16)31-32-24-12-17(2)23(15-26(24)45-8-4-10-47(38,39)40)30-29-21-6-5-18(48(41,42)43)13-19(21)27(33)34/h5-6,11-15H,3-4,7-10,28H2,1-2H3,(H,33,34)(H,35,36,37)(H,38,39,40)(H,41,42,43). The van der Waals surface area contributed by atoms with Crippen molar-refractivity contribution >= 4 is 64.8 Å². The van der Waals surface area contributed by atoms with Crippen molar-refractivity contribution in [2.75, 3.05) is 30.5 Å². The Bertz CT molecular complexity index is 2080. The van der Waals surface area contributed by atoms with Gasteiger partial charge in [0.2, 0.25) is 0 Å². The minimum Gasteiger partial charge on any atom is -0.491 e. The third kappa shape index (κ3) is 11.6. The largest absolute Gasteiger partial charge is 0.491 e. The van der Waals surface area contributed by atoms with E-state index in [1.54, 1.807) is 19.9 Å². The molecule has 0 saturated heterocycles. The molecule has 0 aliphatic carbocycles. The number of carboxylic acids is 1. The lowest BCUT2D eigenvalue weighted by Gasteiger charge is -2.12. The third-order valence-corrected chi connectivity index (χ3v) is 8.70. The van der Waals surface area contributed by atoms with E-state index in [1.807, 2.05) is 0 Å². The number of hydrogen-bond acceptors (Lipinski definition) is 14. The highest BCUT2D eigenvalue weighted by molar-refractivity contribution is 7.86. The molecule has 0 heterocycles. The fourth-order valence-electron chi connectivity index (χ4n) is 3.89. The highest BCUT2D eigenvalue weighted by atomic mass is 32.2. The van der Waals surface area contributed by atoms with Gasteiger partial charge in [0.25, 0.3) is 30.4 Å². The van der Waals surface area contributed by atoms with E-state index in [0.717, 1.165) is 18.2 Å². The lowest BCUT2D eigenvalue weighted by Crippen LogP contribution is -2.09. The molecule has 0 atom stereocenters. The van der Waals surface area contributed by atoms with E-state index in [9.17, 15) is 39.7 Å². The summed E-state index contributed by atoms with van der Waals surface area (Å²) in [6.45, 7) is 3.05. The molecule has 0 aliphatic rings. The van der Waals surface area contributed by atoms with Crippen LogP contribution in [0.5, 0.6) is 11.5 Å². The second-order valence-electron chi connectivity index (χ2n) is 10.1. The van der Waals surface area contributed by atoms with Crippen LogP contribution in [0.4, 0.5) is 28.4 Å². The number of nitrogens with zero attached hydrogens (tertiary/aromatic N) is 4. The molecule has 48 heavy (non-hydrogen) atoms. The van der Waals surface area contributed by atoms with E-state index in [-0.39, 0.29) is 60.3 Å². The molecular formula is C27H31N5O13S3. The van der Waals surface area contributed by atoms with Gasteiger partial charge in [-0.15, -0.1) is 10.2 Å². The van der Waals surface area contributed by atoms with E-state index in [0.29, 0.717) is 16.8 Å². The van der Waals surface area contributed by atoms with Crippen LogP contribution in [-0.2, 0) is 30.4 Å². The number of anilines is 1. The highest BCUT2D eigenvalue weighted by Crippen LogP contribution is 2.38. The van der Waals surface area contributed by atoms with Crippen molar-refractivity contribution in [2.45, 2.75) is 31.6 Å². The van der Waals surface area contributed by atoms with Crippen LogP contribution in [0.3, 0.4) is 0 Å². The number of aromatic carboxylic acids is 1. The predicted molar refractivity (Wildman–Crippen MR) is 171 cm³/mol. The van der Waals surface area contributed by atoms with Crippen molar-refractivity contribution in [1.29, 1.82) is 0 Å². The Hall–Kier alpha value is -4.54. The smallest absolute Gasteiger partial charge is 0.338 e. The molecule has 3 rings (SSSR count). The van der Waals surface area contributed by atoms with Gasteiger partial charge in [0, 0.05) is 12.1 Å². The van der Waals surface area contributed by atoms with Gasteiger partial charge in [-0.05, 0) is 68.1 Å². The Kier molecular flexibility index (Phi) is 12.3. The zero-order chi connectivity index (χ0) is 35.9. The normalized spacial score (nSPS) is 12.5. The Morgan fingerprint density at radius 1 is 0.688 bits per heavy atom. The van der Waals surface area contributed by atoms with Crippen LogP contribution >= 0.6 is 0 Å². The summed E-state index contributed by atoms with van der Waals surface area (Å²) < 4.78 is 106. The first kappa shape index (κ1) is 37.9. The molecule has 0 fully saturated rings. The summed E-state index contributed by atoms with van der Waals surface area (Å²) in [6.07, 6.45) is -0.102. The summed E-state index contributed by atoms with van der Waals surface area (Å²) in [6, 6.07) is 8.61. The van der Waals surface area contributed by atoms with E-state index in [2.05, 4.69) is 20.5 Å². The van der Waals surface area contributed by atoms with Crippen molar-refractivity contribution in [3.05, 3.63) is 59.2 Å². The van der Waals surface area contributed by atoms with Gasteiger partial charge in [-0.2, -0.15) is 35.5 Å². The molecule has 21 heteroatoms. The summed E-state index contributed by atoms with van der Waals surface area (Å²) in [5, 5.41) is 26.0. The van der Waals surface area contributed by atoms with Gasteiger partial charge in [0.1, 0.15) is 22.9 Å². The topological polar surface area (TPSA) is 294 Å². The molecule has 0 saturated carbocycles. The molecule has 0 radical (unpaired) electrons. The lowest BCUT2D eigenvalue weighted by atomic mass is 10.1. The molecule has 6 N–H and O–H groups in total. The molecule has 0 bridgehead atoms. The van der Waals surface area contributed by atoms with E-state index in [1.165, 1.54) is 18.2 Å². The molecule has 0 unspecified atom stereocenters. The molecule has 260 valence electrons. The van der Waals surface area contributed by atoms with Crippen molar-refractivity contribution < 1.29 is 58.3 Å². The van der Waals surface area contributed by atoms with Crippen LogP contribution < -0.4 is 15.2 Å². The number of azo groups is 2. The summed E-state index contributed by atoms with van der Waals surface area (Å²) in [4.78, 5) is 11.1. The SMILES string of the molecule is Cc1cc(N)c(OCCCS(=O)(=O)O)cc1N=Nc1cc(C)c(N=Nc2ccc(S(=O)(=O)O)cc2C(=O)O)cc1OCCCS(=O)(=O)O. The van der Waals surface area contributed by atoms with Crippen LogP contribution in [0.1, 0.15) is 34.3 Å². The number of hydrogen-bond donors (Lipinski definition) is 5. The average molecular weight is 730 g/mol. The monoisotopic (exact) mass is 729 g/mol. The van der Waals surface area contributed by atoms with E-state index < -0.39 is 58.3 Å². The van der Waals surface area contributed by atoms with Gasteiger partial charge in [0.05, 0.1) is 52.2 Å². The molecule has 18 nitrogen and oxygen atoms in total. The van der Waals surface area contributed by atoms with Gasteiger partial charge in [0.15, 0.2) is 0 Å². The van der Waals surface area contributed by atoms with Crippen LogP contribution in [-0.4, -0.2) is 74.7 Å². The quantitative estimate of drug-likeness (QED) is 0.0563. The fourth-order valence-corrected chi connectivity index (χ4v) is 5.36. The summed E-state index contributed by atoms with van der Waals surface area (Å²) in [5.74, 6) is -2.40. The number of carbonyl (C=O) groups is 1. The van der Waals surface area contributed by atoms with Gasteiger partial charge < -0.3 is 20.3 Å². The van der Waals surface area contributed by atoms with Crippen LogP contribution in [0.25, 0.3) is 0 Å². The Balaban J connectivity index is 1.97.